The predicted molar refractivity (Wildman–Crippen MR) is 77.7 cm³/mol. The molecular formula is C13H27N3O2S. The molecule has 19 heavy (non-hydrogen) atoms. The smallest absolute Gasteiger partial charge is 0.211 e. The highest BCUT2D eigenvalue weighted by atomic mass is 32.2. The average Bonchev–Trinajstić information content (AvgIpc) is 2.52. The van der Waals surface area contributed by atoms with Gasteiger partial charge in [0.15, 0.2) is 0 Å². The van der Waals surface area contributed by atoms with E-state index >= 15 is 0 Å². The maximum atomic E-state index is 11.8. The summed E-state index contributed by atoms with van der Waals surface area (Å²) in [5.74, 6) is 0. The first-order chi connectivity index (χ1) is 9.07. The number of rotatable bonds is 6. The van der Waals surface area contributed by atoms with Gasteiger partial charge in [-0.25, -0.2) is 8.42 Å². The zero-order chi connectivity index (χ0) is 13.7. The monoisotopic (exact) mass is 289 g/mol. The lowest BCUT2D eigenvalue weighted by molar-refractivity contribution is 0.220. The summed E-state index contributed by atoms with van der Waals surface area (Å²) in [6, 6.07) is 0.180. The van der Waals surface area contributed by atoms with Crippen LogP contribution in [0, 0.1) is 0 Å². The van der Waals surface area contributed by atoms with Crippen molar-refractivity contribution in [2.75, 3.05) is 45.5 Å². The van der Waals surface area contributed by atoms with Gasteiger partial charge < -0.3 is 10.2 Å². The van der Waals surface area contributed by atoms with E-state index in [1.54, 1.807) is 4.31 Å². The minimum atomic E-state index is -3.06. The van der Waals surface area contributed by atoms with Gasteiger partial charge >= 0.3 is 0 Å². The highest BCUT2D eigenvalue weighted by Crippen LogP contribution is 2.13. The Morgan fingerprint density at radius 3 is 2.26 bits per heavy atom. The van der Waals surface area contributed by atoms with Crippen molar-refractivity contribution in [1.82, 2.24) is 14.5 Å². The number of likely N-dealkylation sites (tertiary alicyclic amines) is 1. The molecule has 0 amide bonds. The molecule has 0 bridgehead atoms. The number of hydrogen-bond acceptors (Lipinski definition) is 4. The molecular weight excluding hydrogens is 262 g/mol. The van der Waals surface area contributed by atoms with Crippen molar-refractivity contribution in [1.29, 1.82) is 0 Å². The van der Waals surface area contributed by atoms with Gasteiger partial charge in [0.2, 0.25) is 10.0 Å². The molecule has 0 aromatic carbocycles. The van der Waals surface area contributed by atoms with Crippen LogP contribution in [0.15, 0.2) is 0 Å². The summed E-state index contributed by atoms with van der Waals surface area (Å²) in [5.41, 5.74) is 0. The third-order valence-electron chi connectivity index (χ3n) is 4.14. The lowest BCUT2D eigenvalue weighted by atomic mass is 10.2. The maximum absolute atomic E-state index is 11.8. The summed E-state index contributed by atoms with van der Waals surface area (Å²) in [6.45, 7) is 5.68. The van der Waals surface area contributed by atoms with E-state index in [1.807, 2.05) is 0 Å². The molecule has 2 aliphatic heterocycles. The molecule has 112 valence electrons. The molecule has 6 heteroatoms. The standard InChI is InChI=1S/C13H27N3O2S/c1-19(17,18)16(13-11-14-12-13)10-6-9-15-7-4-2-3-5-8-15/h13-14H,2-12H2,1H3. The van der Waals surface area contributed by atoms with Crippen LogP contribution >= 0.6 is 0 Å². The highest BCUT2D eigenvalue weighted by Gasteiger charge is 2.30. The van der Waals surface area contributed by atoms with Crippen molar-refractivity contribution in [2.45, 2.75) is 38.1 Å². The number of nitrogens with zero attached hydrogens (tertiary/aromatic N) is 2. The van der Waals surface area contributed by atoms with E-state index in [1.165, 1.54) is 45.0 Å². The highest BCUT2D eigenvalue weighted by molar-refractivity contribution is 7.88. The summed E-state index contributed by atoms with van der Waals surface area (Å²) < 4.78 is 25.3. The molecule has 0 radical (unpaired) electrons. The molecule has 1 N–H and O–H groups in total. The first-order valence-corrected chi connectivity index (χ1v) is 9.32. The second kappa shape index (κ2) is 7.02. The second-order valence-corrected chi connectivity index (χ2v) is 7.73. The molecule has 2 rings (SSSR count). The third kappa shape index (κ3) is 4.70. The van der Waals surface area contributed by atoms with Gasteiger partial charge in [-0.2, -0.15) is 4.31 Å². The van der Waals surface area contributed by atoms with Crippen LogP contribution in [0.3, 0.4) is 0 Å². The van der Waals surface area contributed by atoms with Gasteiger partial charge in [-0.15, -0.1) is 0 Å². The fourth-order valence-electron chi connectivity index (χ4n) is 2.91. The fourth-order valence-corrected chi connectivity index (χ4v) is 4.06. The SMILES string of the molecule is CS(=O)(=O)N(CCCN1CCCCCC1)C1CNC1. The third-order valence-corrected chi connectivity index (χ3v) is 5.48. The number of nitrogens with one attached hydrogen (secondary N) is 1. The molecule has 0 atom stereocenters. The van der Waals surface area contributed by atoms with Crippen LogP contribution in [0.5, 0.6) is 0 Å². The van der Waals surface area contributed by atoms with Gasteiger partial charge in [0, 0.05) is 25.7 Å². The van der Waals surface area contributed by atoms with Gasteiger partial charge in [0.05, 0.1) is 6.26 Å². The van der Waals surface area contributed by atoms with E-state index < -0.39 is 10.0 Å². The Labute approximate surface area is 117 Å². The lowest BCUT2D eigenvalue weighted by Crippen LogP contribution is -2.58. The van der Waals surface area contributed by atoms with Crippen LogP contribution in [0.1, 0.15) is 32.1 Å². The quantitative estimate of drug-likeness (QED) is 0.773. The minimum absolute atomic E-state index is 0.180. The van der Waals surface area contributed by atoms with Gasteiger partial charge in [0.25, 0.3) is 0 Å². The van der Waals surface area contributed by atoms with Crippen LogP contribution in [0.25, 0.3) is 0 Å². The molecule has 0 spiro atoms. The van der Waals surface area contributed by atoms with E-state index in [2.05, 4.69) is 10.2 Å². The number of hydrogen-bond donors (Lipinski definition) is 1. The van der Waals surface area contributed by atoms with Crippen LogP contribution in [0.4, 0.5) is 0 Å². The van der Waals surface area contributed by atoms with E-state index in [4.69, 9.17) is 0 Å². The summed E-state index contributed by atoms with van der Waals surface area (Å²) in [7, 11) is -3.06. The first-order valence-electron chi connectivity index (χ1n) is 7.47. The van der Waals surface area contributed by atoms with Crippen molar-refractivity contribution >= 4 is 10.0 Å². The topological polar surface area (TPSA) is 52.7 Å². The van der Waals surface area contributed by atoms with E-state index in [9.17, 15) is 8.42 Å². The van der Waals surface area contributed by atoms with Crippen molar-refractivity contribution in [3.05, 3.63) is 0 Å². The average molecular weight is 289 g/mol. The Morgan fingerprint density at radius 1 is 1.16 bits per heavy atom. The van der Waals surface area contributed by atoms with Crippen molar-refractivity contribution < 1.29 is 8.42 Å². The molecule has 5 nitrogen and oxygen atoms in total. The molecule has 2 saturated heterocycles. The fraction of sp³-hybridized carbons (Fsp3) is 1.00. The Balaban J connectivity index is 1.75. The van der Waals surface area contributed by atoms with Crippen molar-refractivity contribution in [2.24, 2.45) is 0 Å². The maximum Gasteiger partial charge on any atom is 0.211 e. The molecule has 2 heterocycles. The van der Waals surface area contributed by atoms with Crippen LogP contribution < -0.4 is 5.32 Å². The predicted octanol–water partition coefficient (Wildman–Crippen LogP) is 0.486. The van der Waals surface area contributed by atoms with Gasteiger partial charge in [0.1, 0.15) is 0 Å². The zero-order valence-electron chi connectivity index (χ0n) is 12.0. The summed E-state index contributed by atoms with van der Waals surface area (Å²) >= 11 is 0. The summed E-state index contributed by atoms with van der Waals surface area (Å²) in [4.78, 5) is 2.49. The van der Waals surface area contributed by atoms with E-state index in [-0.39, 0.29) is 6.04 Å². The Hall–Kier alpha value is -0.170. The van der Waals surface area contributed by atoms with Gasteiger partial charge in [-0.3, -0.25) is 0 Å². The molecule has 0 saturated carbocycles. The Morgan fingerprint density at radius 2 is 1.79 bits per heavy atom. The first kappa shape index (κ1) is 15.2. The summed E-state index contributed by atoms with van der Waals surface area (Å²) in [6.07, 6.45) is 7.56. The Kier molecular flexibility index (Phi) is 5.62. The largest absolute Gasteiger partial charge is 0.313 e. The van der Waals surface area contributed by atoms with E-state index in [0.29, 0.717) is 6.54 Å². The van der Waals surface area contributed by atoms with Crippen LogP contribution in [-0.2, 0) is 10.0 Å². The van der Waals surface area contributed by atoms with Crippen molar-refractivity contribution in [3.8, 4) is 0 Å². The van der Waals surface area contributed by atoms with Crippen LogP contribution in [0.2, 0.25) is 0 Å². The van der Waals surface area contributed by atoms with Gasteiger partial charge in [-0.05, 0) is 38.9 Å². The molecule has 2 aliphatic rings. The summed E-state index contributed by atoms with van der Waals surface area (Å²) in [5, 5.41) is 3.15. The normalized spacial score (nSPS) is 23.3. The molecule has 0 aromatic heterocycles. The van der Waals surface area contributed by atoms with Crippen LogP contribution in [-0.4, -0.2) is 69.2 Å². The van der Waals surface area contributed by atoms with Crippen molar-refractivity contribution in [3.63, 3.8) is 0 Å². The Bertz CT molecular complexity index is 360. The molecule has 2 fully saturated rings. The number of sulfonamides is 1. The van der Waals surface area contributed by atoms with Gasteiger partial charge in [-0.1, -0.05) is 12.8 Å². The van der Waals surface area contributed by atoms with E-state index in [0.717, 1.165) is 26.1 Å². The lowest BCUT2D eigenvalue weighted by Gasteiger charge is -2.36. The molecule has 0 unspecified atom stereocenters. The minimum Gasteiger partial charge on any atom is -0.313 e. The zero-order valence-corrected chi connectivity index (χ0v) is 12.8. The molecule has 0 aliphatic carbocycles. The second-order valence-electron chi connectivity index (χ2n) is 5.80. The molecule has 0 aromatic rings.